The van der Waals surface area contributed by atoms with Gasteiger partial charge in [0.2, 0.25) is 5.91 Å². The fraction of sp³-hybridized carbons (Fsp3) is 0.680. The Kier molecular flexibility index (Phi) is 13.3. The number of nitrogens with zero attached hydrogens (tertiary/aromatic N) is 4. The van der Waals surface area contributed by atoms with Gasteiger partial charge in [-0.2, -0.15) is 0 Å². The van der Waals surface area contributed by atoms with Gasteiger partial charge in [0.15, 0.2) is 0 Å². The van der Waals surface area contributed by atoms with Gasteiger partial charge in [-0.05, 0) is 17.9 Å². The van der Waals surface area contributed by atoms with Crippen LogP contribution in [0.25, 0.3) is 0 Å². The highest BCUT2D eigenvalue weighted by Crippen LogP contribution is 2.17. The standard InChI is InChI=1S/C25H41N5O6/c1-21-5-6-24(32)30(21)20-22-19-29(28-27-22)10-12-34-14-16-36-18-17-35-15-13-33-11-7-23(31)26-9-8-25(2,3)4/h5-6,19H,1,7-18,20H2,2-4H3,(H,26,31). The molecule has 0 aromatic carbocycles. The molecular formula is C25H41N5O6. The molecule has 1 aromatic heterocycles. The molecule has 36 heavy (non-hydrogen) atoms. The number of carbonyl (C=O) groups excluding carboxylic acids is 2. The minimum absolute atomic E-state index is 0.0152. The average molecular weight is 508 g/mol. The fourth-order valence-electron chi connectivity index (χ4n) is 3.10. The summed E-state index contributed by atoms with van der Waals surface area (Å²) in [5.41, 5.74) is 1.56. The predicted octanol–water partition coefficient (Wildman–Crippen LogP) is 1.70. The van der Waals surface area contributed by atoms with Crippen LogP contribution in [0.5, 0.6) is 0 Å². The third-order valence-electron chi connectivity index (χ3n) is 5.19. The largest absolute Gasteiger partial charge is 0.379 e. The first-order chi connectivity index (χ1) is 17.2. The molecule has 0 aliphatic carbocycles. The Morgan fingerprint density at radius 2 is 1.58 bits per heavy atom. The molecule has 2 amide bonds. The van der Waals surface area contributed by atoms with Gasteiger partial charge in [-0.1, -0.05) is 32.6 Å². The molecule has 0 spiro atoms. The zero-order chi connectivity index (χ0) is 26.2. The van der Waals surface area contributed by atoms with Crippen molar-refractivity contribution in [1.29, 1.82) is 0 Å². The monoisotopic (exact) mass is 507 g/mol. The topological polar surface area (TPSA) is 117 Å². The van der Waals surface area contributed by atoms with Crippen LogP contribution >= 0.6 is 0 Å². The zero-order valence-corrected chi connectivity index (χ0v) is 21.9. The highest BCUT2D eigenvalue weighted by atomic mass is 16.6. The molecule has 1 N–H and O–H groups in total. The number of hydrogen-bond acceptors (Lipinski definition) is 8. The Labute approximate surface area is 213 Å². The number of ether oxygens (including phenoxy) is 4. The molecule has 11 heteroatoms. The molecule has 1 aliphatic rings. The van der Waals surface area contributed by atoms with Crippen LogP contribution in [0, 0.1) is 5.41 Å². The Morgan fingerprint density at radius 3 is 2.17 bits per heavy atom. The number of nitrogens with one attached hydrogen (secondary N) is 1. The maximum atomic E-state index is 11.7. The quantitative estimate of drug-likeness (QED) is 0.281. The summed E-state index contributed by atoms with van der Waals surface area (Å²) in [5, 5.41) is 11.0. The van der Waals surface area contributed by atoms with Gasteiger partial charge < -0.3 is 29.2 Å². The SMILES string of the molecule is C=C1C=CC(=O)N1Cc1cn(CCOCCOCCOCCOCCC(=O)NCCC(C)(C)C)nn1. The molecule has 0 radical (unpaired) electrons. The van der Waals surface area contributed by atoms with E-state index in [9.17, 15) is 9.59 Å². The van der Waals surface area contributed by atoms with E-state index in [-0.39, 0.29) is 17.2 Å². The number of aromatic nitrogens is 3. The lowest BCUT2D eigenvalue weighted by Crippen LogP contribution is -2.28. The average Bonchev–Trinajstić information content (AvgIpc) is 3.40. The van der Waals surface area contributed by atoms with Crippen molar-refractivity contribution in [1.82, 2.24) is 25.2 Å². The molecule has 11 nitrogen and oxygen atoms in total. The van der Waals surface area contributed by atoms with Gasteiger partial charge >= 0.3 is 0 Å². The molecule has 202 valence electrons. The molecule has 0 fully saturated rings. The molecular weight excluding hydrogens is 466 g/mol. The molecule has 0 saturated heterocycles. The first-order valence-corrected chi connectivity index (χ1v) is 12.4. The zero-order valence-electron chi connectivity index (χ0n) is 21.9. The molecule has 0 bridgehead atoms. The van der Waals surface area contributed by atoms with E-state index in [4.69, 9.17) is 18.9 Å². The lowest BCUT2D eigenvalue weighted by atomic mass is 9.92. The van der Waals surface area contributed by atoms with E-state index in [1.165, 1.54) is 6.08 Å². The van der Waals surface area contributed by atoms with Gasteiger partial charge in [-0.25, -0.2) is 4.68 Å². The third-order valence-corrected chi connectivity index (χ3v) is 5.19. The van der Waals surface area contributed by atoms with Crippen molar-refractivity contribution in [3.05, 3.63) is 36.3 Å². The van der Waals surface area contributed by atoms with Crippen LogP contribution in [-0.4, -0.2) is 91.1 Å². The normalized spacial score (nSPS) is 13.7. The second-order valence-electron chi connectivity index (χ2n) is 9.58. The Bertz CT molecular complexity index is 830. The van der Waals surface area contributed by atoms with Crippen LogP contribution in [0.3, 0.4) is 0 Å². The van der Waals surface area contributed by atoms with E-state index in [1.807, 2.05) is 0 Å². The highest BCUT2D eigenvalue weighted by Gasteiger charge is 2.20. The summed E-state index contributed by atoms with van der Waals surface area (Å²) in [6.45, 7) is 15.5. The first kappa shape index (κ1) is 29.6. The maximum absolute atomic E-state index is 11.7. The summed E-state index contributed by atoms with van der Waals surface area (Å²) in [5.74, 6) is -0.0821. The molecule has 2 heterocycles. The Balaban J connectivity index is 1.34. The van der Waals surface area contributed by atoms with Crippen molar-refractivity contribution < 1.29 is 28.5 Å². The lowest BCUT2D eigenvalue weighted by molar-refractivity contribution is -0.124. The van der Waals surface area contributed by atoms with E-state index in [0.29, 0.717) is 90.3 Å². The van der Waals surface area contributed by atoms with Gasteiger partial charge in [0.05, 0.1) is 72.1 Å². The van der Waals surface area contributed by atoms with Crippen LogP contribution in [0.15, 0.2) is 30.6 Å². The molecule has 0 saturated carbocycles. The van der Waals surface area contributed by atoms with E-state index in [0.717, 1.165) is 6.42 Å². The van der Waals surface area contributed by atoms with E-state index in [1.54, 1.807) is 21.9 Å². The second-order valence-corrected chi connectivity index (χ2v) is 9.58. The Hall–Kier alpha value is -2.60. The number of rotatable bonds is 19. The number of carbonyl (C=O) groups is 2. The summed E-state index contributed by atoms with van der Waals surface area (Å²) in [7, 11) is 0. The fourth-order valence-corrected chi connectivity index (χ4v) is 3.10. The summed E-state index contributed by atoms with van der Waals surface area (Å²) in [4.78, 5) is 25.0. The summed E-state index contributed by atoms with van der Waals surface area (Å²) < 4.78 is 23.6. The number of amides is 2. The third kappa shape index (κ3) is 12.9. The highest BCUT2D eigenvalue weighted by molar-refractivity contribution is 5.92. The summed E-state index contributed by atoms with van der Waals surface area (Å²) >= 11 is 0. The van der Waals surface area contributed by atoms with Gasteiger partial charge in [-0.3, -0.25) is 9.59 Å². The van der Waals surface area contributed by atoms with Crippen LogP contribution < -0.4 is 5.32 Å². The smallest absolute Gasteiger partial charge is 0.251 e. The Morgan fingerprint density at radius 1 is 0.972 bits per heavy atom. The summed E-state index contributed by atoms with van der Waals surface area (Å²) in [6.07, 6.45) is 6.28. The summed E-state index contributed by atoms with van der Waals surface area (Å²) in [6, 6.07) is 0. The van der Waals surface area contributed by atoms with Gasteiger partial charge in [-0.15, -0.1) is 5.10 Å². The minimum Gasteiger partial charge on any atom is -0.379 e. The first-order valence-electron chi connectivity index (χ1n) is 12.4. The van der Waals surface area contributed by atoms with Crippen molar-refractivity contribution in [2.24, 2.45) is 5.41 Å². The van der Waals surface area contributed by atoms with Crippen molar-refractivity contribution in [2.45, 2.75) is 46.7 Å². The van der Waals surface area contributed by atoms with Crippen LogP contribution in [-0.2, 0) is 41.6 Å². The van der Waals surface area contributed by atoms with Crippen LogP contribution in [0.2, 0.25) is 0 Å². The van der Waals surface area contributed by atoms with Crippen molar-refractivity contribution >= 4 is 11.8 Å². The van der Waals surface area contributed by atoms with Gasteiger partial charge in [0, 0.05) is 24.7 Å². The molecule has 2 rings (SSSR count). The number of hydrogen-bond donors (Lipinski definition) is 1. The maximum Gasteiger partial charge on any atom is 0.251 e. The number of allylic oxidation sites excluding steroid dienone is 1. The van der Waals surface area contributed by atoms with Crippen molar-refractivity contribution in [2.75, 3.05) is 59.4 Å². The molecule has 1 aliphatic heterocycles. The van der Waals surface area contributed by atoms with Gasteiger partial charge in [0.25, 0.3) is 5.91 Å². The van der Waals surface area contributed by atoms with Gasteiger partial charge in [0.1, 0.15) is 5.69 Å². The second kappa shape index (κ2) is 16.2. The van der Waals surface area contributed by atoms with E-state index < -0.39 is 0 Å². The molecule has 0 atom stereocenters. The van der Waals surface area contributed by atoms with Crippen molar-refractivity contribution in [3.8, 4) is 0 Å². The molecule has 0 unspecified atom stereocenters. The van der Waals surface area contributed by atoms with E-state index >= 15 is 0 Å². The van der Waals surface area contributed by atoms with Crippen molar-refractivity contribution in [3.63, 3.8) is 0 Å². The lowest BCUT2D eigenvalue weighted by Gasteiger charge is -2.17. The van der Waals surface area contributed by atoms with Crippen LogP contribution in [0.4, 0.5) is 0 Å². The predicted molar refractivity (Wildman–Crippen MR) is 134 cm³/mol. The van der Waals surface area contributed by atoms with Crippen LogP contribution in [0.1, 0.15) is 39.3 Å². The minimum atomic E-state index is -0.0973. The van der Waals surface area contributed by atoms with E-state index in [2.05, 4.69) is 43.0 Å². The molecule has 1 aromatic rings.